The Kier molecular flexibility index (Phi) is 5.52. The largest absolute Gasteiger partial charge is 0.378 e. The number of amides is 1. The molecule has 1 heterocycles. The fourth-order valence-corrected chi connectivity index (χ4v) is 4.34. The Hall–Kier alpha value is -1.75. The lowest BCUT2D eigenvalue weighted by Gasteiger charge is -2.24. The summed E-state index contributed by atoms with van der Waals surface area (Å²) in [5, 5.41) is 0.762. The molecular formula is C20H27N3OS. The summed E-state index contributed by atoms with van der Waals surface area (Å²) in [6, 6.07) is 0. The number of nitrogens with zero attached hydrogens (tertiary/aromatic N) is 3. The van der Waals surface area contributed by atoms with Crippen molar-refractivity contribution in [1.29, 1.82) is 0 Å². The maximum atomic E-state index is 12.4. The van der Waals surface area contributed by atoms with Gasteiger partial charge in [-0.05, 0) is 43.3 Å². The van der Waals surface area contributed by atoms with Crippen molar-refractivity contribution in [3.05, 3.63) is 47.9 Å². The molecule has 3 aliphatic rings. The molecule has 3 unspecified atom stereocenters. The van der Waals surface area contributed by atoms with Gasteiger partial charge in [-0.3, -0.25) is 4.79 Å². The Morgan fingerprint density at radius 3 is 2.44 bits per heavy atom. The molecule has 5 heteroatoms. The van der Waals surface area contributed by atoms with Gasteiger partial charge in [-0.25, -0.2) is 0 Å². The van der Waals surface area contributed by atoms with Crippen LogP contribution < -0.4 is 0 Å². The summed E-state index contributed by atoms with van der Waals surface area (Å²) in [6.07, 6.45) is 16.1. The van der Waals surface area contributed by atoms with Gasteiger partial charge in [-0.15, -0.1) is 0 Å². The van der Waals surface area contributed by atoms with Crippen molar-refractivity contribution >= 4 is 22.8 Å². The molecule has 3 rings (SSSR count). The fourth-order valence-electron chi connectivity index (χ4n) is 3.18. The van der Waals surface area contributed by atoms with E-state index < -0.39 is 0 Å². The smallest absolute Gasteiger partial charge is 0.261 e. The van der Waals surface area contributed by atoms with Crippen LogP contribution in [0.15, 0.2) is 52.8 Å². The van der Waals surface area contributed by atoms with Crippen LogP contribution in [0.1, 0.15) is 26.2 Å². The van der Waals surface area contributed by atoms with Gasteiger partial charge < -0.3 is 9.80 Å². The minimum Gasteiger partial charge on any atom is -0.378 e. The minimum absolute atomic E-state index is 0.0105. The molecule has 0 saturated heterocycles. The number of amidine groups is 1. The highest BCUT2D eigenvalue weighted by Crippen LogP contribution is 2.33. The Labute approximate surface area is 155 Å². The molecule has 1 aliphatic heterocycles. The monoisotopic (exact) mass is 357 g/mol. The number of hydrogen-bond acceptors (Lipinski definition) is 4. The molecule has 0 aromatic rings. The highest BCUT2D eigenvalue weighted by Gasteiger charge is 2.32. The first-order valence-corrected chi connectivity index (χ1v) is 9.79. The molecule has 2 aliphatic carbocycles. The molecule has 0 radical (unpaired) electrons. The van der Waals surface area contributed by atoms with Crippen molar-refractivity contribution < 1.29 is 4.79 Å². The Bertz CT molecular complexity index is 687. The van der Waals surface area contributed by atoms with Crippen LogP contribution in [0, 0.1) is 11.8 Å². The molecule has 4 nitrogen and oxygen atoms in total. The zero-order chi connectivity index (χ0) is 18.0. The maximum Gasteiger partial charge on any atom is 0.261 e. The molecule has 0 N–H and O–H groups in total. The van der Waals surface area contributed by atoms with Gasteiger partial charge in [0.15, 0.2) is 5.17 Å². The second-order valence-corrected chi connectivity index (χ2v) is 8.38. The van der Waals surface area contributed by atoms with Crippen molar-refractivity contribution in [1.82, 2.24) is 9.80 Å². The lowest BCUT2D eigenvalue weighted by Crippen LogP contribution is -2.23. The predicted molar refractivity (Wildman–Crippen MR) is 106 cm³/mol. The molecule has 134 valence electrons. The maximum absolute atomic E-state index is 12.4. The quantitative estimate of drug-likeness (QED) is 0.766. The molecule has 0 fully saturated rings. The van der Waals surface area contributed by atoms with E-state index in [1.54, 1.807) is 11.8 Å². The second-order valence-electron chi connectivity index (χ2n) is 7.21. The van der Waals surface area contributed by atoms with Gasteiger partial charge in [0.2, 0.25) is 0 Å². The summed E-state index contributed by atoms with van der Waals surface area (Å²) in [4.78, 5) is 20.8. The van der Waals surface area contributed by atoms with E-state index in [1.807, 2.05) is 11.9 Å². The Morgan fingerprint density at radius 2 is 1.84 bits per heavy atom. The number of likely N-dealkylation sites (N-methyl/N-ethyl adjacent to an activating group) is 2. The topological polar surface area (TPSA) is 35.9 Å². The molecular weight excluding hydrogens is 330 g/mol. The van der Waals surface area contributed by atoms with E-state index in [2.05, 4.69) is 67.4 Å². The third-order valence-corrected chi connectivity index (χ3v) is 6.15. The predicted octanol–water partition coefficient (Wildman–Crippen LogP) is 3.81. The van der Waals surface area contributed by atoms with Crippen molar-refractivity contribution in [3.8, 4) is 0 Å². The van der Waals surface area contributed by atoms with E-state index in [-0.39, 0.29) is 11.2 Å². The van der Waals surface area contributed by atoms with Crippen LogP contribution >= 0.6 is 11.8 Å². The van der Waals surface area contributed by atoms with Crippen molar-refractivity contribution in [2.75, 3.05) is 21.1 Å². The summed E-state index contributed by atoms with van der Waals surface area (Å²) in [6.45, 7) is 2.21. The molecule has 25 heavy (non-hydrogen) atoms. The first-order valence-electron chi connectivity index (χ1n) is 8.91. The standard InChI is InChI=1S/C20H27N3OS/c1-14-5-9-17(10-6-14)23(4)20-21-19(24)18(25-20)13-15-7-11-16(12-8-15)22(2)3/h5,7,9-12,14-15,18H,6,8,13H2,1-4H3. The molecule has 3 atom stereocenters. The van der Waals surface area contributed by atoms with E-state index in [1.165, 1.54) is 5.70 Å². The zero-order valence-electron chi connectivity index (χ0n) is 15.5. The highest BCUT2D eigenvalue weighted by atomic mass is 32.2. The third kappa shape index (κ3) is 4.27. The Morgan fingerprint density at radius 1 is 1.12 bits per heavy atom. The summed E-state index contributed by atoms with van der Waals surface area (Å²) in [5.41, 5.74) is 2.37. The van der Waals surface area contributed by atoms with E-state index >= 15 is 0 Å². The van der Waals surface area contributed by atoms with Gasteiger partial charge >= 0.3 is 0 Å². The average molecular weight is 358 g/mol. The number of aliphatic imine (C=N–C) groups is 1. The van der Waals surface area contributed by atoms with Gasteiger partial charge in [0.25, 0.3) is 5.91 Å². The lowest BCUT2D eigenvalue weighted by atomic mass is 9.94. The number of thioether (sulfide) groups is 1. The molecule has 0 spiro atoms. The van der Waals surface area contributed by atoms with Crippen LogP contribution in [0.2, 0.25) is 0 Å². The lowest BCUT2D eigenvalue weighted by molar-refractivity contribution is -0.117. The number of carbonyl (C=O) groups excluding carboxylic acids is 1. The third-order valence-electron chi connectivity index (χ3n) is 4.90. The SMILES string of the molecule is CC1C=CC(N(C)C2=NC(=O)C(CC3C=CC(N(C)C)=CC3)S2)=CC1. The summed E-state index contributed by atoms with van der Waals surface area (Å²) in [5.74, 6) is 1.01. The Balaban J connectivity index is 1.57. The zero-order valence-corrected chi connectivity index (χ0v) is 16.3. The normalized spacial score (nSPS) is 28.6. The van der Waals surface area contributed by atoms with Crippen LogP contribution in [0.5, 0.6) is 0 Å². The first-order chi connectivity index (χ1) is 11.9. The number of carbonyl (C=O) groups is 1. The van der Waals surface area contributed by atoms with E-state index in [9.17, 15) is 4.79 Å². The molecule has 0 aromatic carbocycles. The first kappa shape index (κ1) is 18.1. The molecule has 0 saturated carbocycles. The average Bonchev–Trinajstić information content (AvgIpc) is 2.96. The van der Waals surface area contributed by atoms with Gasteiger partial charge in [-0.1, -0.05) is 43.0 Å². The number of allylic oxidation sites excluding steroid dienone is 6. The van der Waals surface area contributed by atoms with Gasteiger partial charge in [-0.2, -0.15) is 4.99 Å². The summed E-state index contributed by atoms with van der Waals surface area (Å²) in [7, 11) is 6.11. The van der Waals surface area contributed by atoms with E-state index in [0.717, 1.165) is 30.1 Å². The number of hydrogen-bond donors (Lipinski definition) is 0. The van der Waals surface area contributed by atoms with E-state index in [4.69, 9.17) is 0 Å². The van der Waals surface area contributed by atoms with Gasteiger partial charge in [0.1, 0.15) is 0 Å². The van der Waals surface area contributed by atoms with Gasteiger partial charge in [0.05, 0.1) is 5.25 Å². The van der Waals surface area contributed by atoms with Crippen molar-refractivity contribution in [2.45, 2.75) is 31.4 Å². The fraction of sp³-hybridized carbons (Fsp3) is 0.500. The van der Waals surface area contributed by atoms with Crippen LogP contribution in [-0.4, -0.2) is 47.3 Å². The van der Waals surface area contributed by atoms with Crippen LogP contribution in [0.3, 0.4) is 0 Å². The number of rotatable bonds is 4. The van der Waals surface area contributed by atoms with Gasteiger partial charge in [0, 0.05) is 32.5 Å². The molecule has 1 amide bonds. The van der Waals surface area contributed by atoms with Crippen LogP contribution in [0.25, 0.3) is 0 Å². The van der Waals surface area contributed by atoms with Crippen molar-refractivity contribution in [3.63, 3.8) is 0 Å². The molecule has 0 bridgehead atoms. The van der Waals surface area contributed by atoms with Crippen LogP contribution in [-0.2, 0) is 4.79 Å². The van der Waals surface area contributed by atoms with E-state index in [0.29, 0.717) is 11.8 Å². The minimum atomic E-state index is -0.0616. The summed E-state index contributed by atoms with van der Waals surface area (Å²) >= 11 is 1.61. The summed E-state index contributed by atoms with van der Waals surface area (Å²) < 4.78 is 0. The van der Waals surface area contributed by atoms with Crippen molar-refractivity contribution in [2.24, 2.45) is 16.8 Å². The highest BCUT2D eigenvalue weighted by molar-refractivity contribution is 8.15. The molecule has 0 aromatic heterocycles. The second kappa shape index (κ2) is 7.65. The van der Waals surface area contributed by atoms with Crippen LogP contribution in [0.4, 0.5) is 0 Å².